The molecular weight excluding hydrogens is 274 g/mol. The Bertz CT molecular complexity index is 506. The van der Waals surface area contributed by atoms with Crippen LogP contribution in [-0.2, 0) is 0 Å². The van der Waals surface area contributed by atoms with Crippen molar-refractivity contribution in [2.75, 3.05) is 19.0 Å². The standard InChI is InChI=1S/C19H27NO2/c1-21-18-12-11-16(20-14-15-7-3-2-4-8-15)13-19(18)22-17-9-5-6-10-17/h2-3,11-13,15,17,20H,4-10,14H2,1H3. The third kappa shape index (κ3) is 3.96. The van der Waals surface area contributed by atoms with E-state index in [1.54, 1.807) is 7.11 Å². The highest BCUT2D eigenvalue weighted by Gasteiger charge is 2.19. The SMILES string of the molecule is COc1ccc(NCC2CC=CCC2)cc1OC1CCCC1. The summed E-state index contributed by atoms with van der Waals surface area (Å²) >= 11 is 0. The molecule has 0 heterocycles. The van der Waals surface area contributed by atoms with Gasteiger partial charge in [0, 0.05) is 18.3 Å². The molecule has 1 fully saturated rings. The highest BCUT2D eigenvalue weighted by molar-refractivity contribution is 5.54. The largest absolute Gasteiger partial charge is 0.493 e. The third-order valence-corrected chi connectivity index (χ3v) is 4.73. The third-order valence-electron chi connectivity index (χ3n) is 4.73. The summed E-state index contributed by atoms with van der Waals surface area (Å²) in [6.07, 6.45) is 13.5. The van der Waals surface area contributed by atoms with Gasteiger partial charge in [-0.05, 0) is 63.0 Å². The number of rotatable bonds is 6. The van der Waals surface area contributed by atoms with Gasteiger partial charge >= 0.3 is 0 Å². The van der Waals surface area contributed by atoms with Crippen molar-refractivity contribution >= 4 is 5.69 Å². The Morgan fingerprint density at radius 1 is 1.09 bits per heavy atom. The van der Waals surface area contributed by atoms with E-state index in [2.05, 4.69) is 29.6 Å². The van der Waals surface area contributed by atoms with E-state index in [0.717, 1.165) is 42.5 Å². The van der Waals surface area contributed by atoms with Crippen LogP contribution in [0.15, 0.2) is 30.4 Å². The van der Waals surface area contributed by atoms with Crippen LogP contribution in [0.5, 0.6) is 11.5 Å². The van der Waals surface area contributed by atoms with E-state index in [-0.39, 0.29) is 0 Å². The van der Waals surface area contributed by atoms with Crippen LogP contribution in [0, 0.1) is 5.92 Å². The predicted molar refractivity (Wildman–Crippen MR) is 90.8 cm³/mol. The maximum atomic E-state index is 6.15. The minimum atomic E-state index is 0.354. The second-order valence-electron chi connectivity index (χ2n) is 6.42. The maximum absolute atomic E-state index is 6.15. The number of nitrogens with one attached hydrogen (secondary N) is 1. The lowest BCUT2D eigenvalue weighted by Gasteiger charge is -2.20. The van der Waals surface area contributed by atoms with Crippen LogP contribution in [0.2, 0.25) is 0 Å². The number of allylic oxidation sites excluding steroid dienone is 2. The summed E-state index contributed by atoms with van der Waals surface area (Å²) in [4.78, 5) is 0. The zero-order valence-electron chi connectivity index (χ0n) is 13.5. The average Bonchev–Trinajstić information content (AvgIpc) is 3.07. The van der Waals surface area contributed by atoms with Crippen molar-refractivity contribution in [2.45, 2.75) is 51.0 Å². The smallest absolute Gasteiger partial charge is 0.163 e. The van der Waals surface area contributed by atoms with Gasteiger partial charge in [0.1, 0.15) is 0 Å². The van der Waals surface area contributed by atoms with Crippen molar-refractivity contribution in [3.05, 3.63) is 30.4 Å². The number of methoxy groups -OCH3 is 1. The predicted octanol–water partition coefficient (Wildman–Crippen LogP) is 4.78. The molecule has 120 valence electrons. The molecule has 0 saturated heterocycles. The molecule has 1 atom stereocenters. The fourth-order valence-corrected chi connectivity index (χ4v) is 3.37. The first-order valence-electron chi connectivity index (χ1n) is 8.58. The van der Waals surface area contributed by atoms with Crippen LogP contribution >= 0.6 is 0 Å². The van der Waals surface area contributed by atoms with E-state index < -0.39 is 0 Å². The van der Waals surface area contributed by atoms with Gasteiger partial charge in [-0.2, -0.15) is 0 Å². The van der Waals surface area contributed by atoms with E-state index in [4.69, 9.17) is 9.47 Å². The first-order valence-corrected chi connectivity index (χ1v) is 8.58. The van der Waals surface area contributed by atoms with E-state index in [0.29, 0.717) is 6.10 Å². The molecule has 0 aromatic heterocycles. The first-order chi connectivity index (χ1) is 10.8. The molecule has 1 saturated carbocycles. The van der Waals surface area contributed by atoms with Crippen molar-refractivity contribution in [3.8, 4) is 11.5 Å². The highest BCUT2D eigenvalue weighted by Crippen LogP contribution is 2.34. The topological polar surface area (TPSA) is 30.5 Å². The van der Waals surface area contributed by atoms with Gasteiger partial charge < -0.3 is 14.8 Å². The number of hydrogen-bond acceptors (Lipinski definition) is 3. The molecule has 2 aliphatic carbocycles. The number of hydrogen-bond donors (Lipinski definition) is 1. The molecule has 0 radical (unpaired) electrons. The molecule has 0 amide bonds. The zero-order chi connectivity index (χ0) is 15.2. The number of benzene rings is 1. The normalized spacial score (nSPS) is 21.8. The minimum Gasteiger partial charge on any atom is -0.493 e. The van der Waals surface area contributed by atoms with Crippen molar-refractivity contribution in [3.63, 3.8) is 0 Å². The van der Waals surface area contributed by atoms with Gasteiger partial charge in [-0.15, -0.1) is 0 Å². The van der Waals surface area contributed by atoms with E-state index in [1.807, 2.05) is 6.07 Å². The summed E-state index contributed by atoms with van der Waals surface area (Å²) in [5, 5.41) is 3.56. The molecule has 0 spiro atoms. The second-order valence-corrected chi connectivity index (χ2v) is 6.42. The average molecular weight is 301 g/mol. The molecule has 22 heavy (non-hydrogen) atoms. The summed E-state index contributed by atoms with van der Waals surface area (Å²) in [5.41, 5.74) is 1.13. The van der Waals surface area contributed by atoms with Crippen LogP contribution in [-0.4, -0.2) is 19.8 Å². The molecule has 3 heteroatoms. The lowest BCUT2D eigenvalue weighted by Crippen LogP contribution is -2.16. The van der Waals surface area contributed by atoms with Crippen molar-refractivity contribution in [2.24, 2.45) is 5.92 Å². The first kappa shape index (κ1) is 15.3. The van der Waals surface area contributed by atoms with E-state index in [9.17, 15) is 0 Å². The van der Waals surface area contributed by atoms with E-state index in [1.165, 1.54) is 32.1 Å². The molecule has 1 aromatic rings. The molecule has 1 aromatic carbocycles. The van der Waals surface area contributed by atoms with Crippen LogP contribution in [0.1, 0.15) is 44.9 Å². The molecule has 1 unspecified atom stereocenters. The summed E-state index contributed by atoms with van der Waals surface area (Å²) in [7, 11) is 1.71. The van der Waals surface area contributed by atoms with Crippen LogP contribution < -0.4 is 14.8 Å². The van der Waals surface area contributed by atoms with Gasteiger partial charge in [-0.25, -0.2) is 0 Å². The monoisotopic (exact) mass is 301 g/mol. The van der Waals surface area contributed by atoms with Crippen molar-refractivity contribution in [1.82, 2.24) is 0 Å². The van der Waals surface area contributed by atoms with Crippen LogP contribution in [0.3, 0.4) is 0 Å². The summed E-state index contributed by atoms with van der Waals surface area (Å²) in [6.45, 7) is 1.03. The Morgan fingerprint density at radius 3 is 2.68 bits per heavy atom. The number of anilines is 1. The van der Waals surface area contributed by atoms with Gasteiger partial charge in [0.05, 0.1) is 13.2 Å². The molecule has 1 N–H and O–H groups in total. The number of ether oxygens (including phenoxy) is 2. The van der Waals surface area contributed by atoms with Gasteiger partial charge in [0.25, 0.3) is 0 Å². The Hall–Kier alpha value is -1.64. The van der Waals surface area contributed by atoms with Crippen LogP contribution in [0.25, 0.3) is 0 Å². The van der Waals surface area contributed by atoms with Crippen molar-refractivity contribution in [1.29, 1.82) is 0 Å². The van der Waals surface area contributed by atoms with Gasteiger partial charge in [-0.1, -0.05) is 12.2 Å². The molecule has 0 aliphatic heterocycles. The summed E-state index contributed by atoms with van der Waals surface area (Å²) < 4.78 is 11.6. The molecular formula is C19H27NO2. The lowest BCUT2D eigenvalue weighted by molar-refractivity contribution is 0.201. The van der Waals surface area contributed by atoms with Gasteiger partial charge in [0.15, 0.2) is 11.5 Å². The molecule has 3 rings (SSSR count). The molecule has 0 bridgehead atoms. The quantitative estimate of drug-likeness (QED) is 0.767. The van der Waals surface area contributed by atoms with Crippen molar-refractivity contribution < 1.29 is 9.47 Å². The van der Waals surface area contributed by atoms with Gasteiger partial charge in [0.2, 0.25) is 0 Å². The Labute approximate surface area is 133 Å². The second kappa shape index (κ2) is 7.57. The zero-order valence-corrected chi connectivity index (χ0v) is 13.5. The highest BCUT2D eigenvalue weighted by atomic mass is 16.5. The fourth-order valence-electron chi connectivity index (χ4n) is 3.37. The Balaban J connectivity index is 1.62. The van der Waals surface area contributed by atoms with Crippen LogP contribution in [0.4, 0.5) is 5.69 Å². The summed E-state index contributed by atoms with van der Waals surface area (Å²) in [6, 6.07) is 6.18. The van der Waals surface area contributed by atoms with Gasteiger partial charge in [-0.3, -0.25) is 0 Å². The maximum Gasteiger partial charge on any atom is 0.163 e. The minimum absolute atomic E-state index is 0.354. The Kier molecular flexibility index (Phi) is 5.25. The Morgan fingerprint density at radius 2 is 1.95 bits per heavy atom. The fraction of sp³-hybridized carbons (Fsp3) is 0.579. The van der Waals surface area contributed by atoms with E-state index >= 15 is 0 Å². The molecule has 2 aliphatic rings. The summed E-state index contributed by atoms with van der Waals surface area (Å²) in [5.74, 6) is 2.45. The lowest BCUT2D eigenvalue weighted by atomic mass is 9.94. The molecule has 3 nitrogen and oxygen atoms in total.